The number of benzene rings is 2. The summed E-state index contributed by atoms with van der Waals surface area (Å²) in [6.07, 6.45) is 1.46. The summed E-state index contributed by atoms with van der Waals surface area (Å²) in [6.45, 7) is 1.95. The predicted octanol–water partition coefficient (Wildman–Crippen LogP) is 3.98. The molecule has 0 fully saturated rings. The van der Waals surface area contributed by atoms with Crippen LogP contribution in [0.1, 0.15) is 21.6 Å². The van der Waals surface area contributed by atoms with Crippen LogP contribution in [-0.4, -0.2) is 28.7 Å². The molecule has 0 spiro atoms. The summed E-state index contributed by atoms with van der Waals surface area (Å²) in [6, 6.07) is 12.0. The van der Waals surface area contributed by atoms with Gasteiger partial charge in [0.15, 0.2) is 11.5 Å². The van der Waals surface area contributed by atoms with Gasteiger partial charge in [0.1, 0.15) is 5.15 Å². The van der Waals surface area contributed by atoms with Crippen LogP contribution in [0.25, 0.3) is 5.69 Å². The lowest BCUT2D eigenvalue weighted by atomic mass is 10.2. The van der Waals surface area contributed by atoms with Crippen molar-refractivity contribution in [3.63, 3.8) is 0 Å². The van der Waals surface area contributed by atoms with Crippen molar-refractivity contribution < 1.29 is 14.3 Å². The number of nitrogens with one attached hydrogen (secondary N) is 1. The van der Waals surface area contributed by atoms with Gasteiger partial charge in [-0.3, -0.25) is 4.79 Å². The van der Waals surface area contributed by atoms with Crippen molar-refractivity contribution in [1.82, 2.24) is 15.2 Å². The summed E-state index contributed by atoms with van der Waals surface area (Å²) in [7, 11) is 0. The Hall–Kier alpha value is -3.03. The molecule has 0 saturated heterocycles. The number of hydrogen-bond acceptors (Lipinski definition) is 5. The average molecular weight is 417 g/mol. The van der Waals surface area contributed by atoms with Crippen LogP contribution in [0.4, 0.5) is 0 Å². The quantitative estimate of drug-likeness (QED) is 0.515. The molecule has 1 aromatic heterocycles. The number of fused-ring (bicyclic) bond motifs is 1. The lowest BCUT2D eigenvalue weighted by Crippen LogP contribution is -2.17. The van der Waals surface area contributed by atoms with Crippen LogP contribution in [-0.2, 0) is 0 Å². The third-order valence-electron chi connectivity index (χ3n) is 4.11. The Labute approximate surface area is 170 Å². The minimum absolute atomic E-state index is 0.147. The van der Waals surface area contributed by atoms with Gasteiger partial charge in [-0.05, 0) is 49.4 Å². The Bertz CT molecular complexity index is 1080. The van der Waals surface area contributed by atoms with Crippen molar-refractivity contribution >= 4 is 35.3 Å². The van der Waals surface area contributed by atoms with Crippen molar-refractivity contribution in [1.29, 1.82) is 0 Å². The van der Waals surface area contributed by atoms with E-state index < -0.39 is 0 Å². The van der Waals surface area contributed by atoms with Crippen LogP contribution in [0.15, 0.2) is 47.6 Å². The summed E-state index contributed by atoms with van der Waals surface area (Å²) < 4.78 is 12.1. The Kier molecular flexibility index (Phi) is 4.93. The van der Waals surface area contributed by atoms with E-state index in [1.165, 1.54) is 6.21 Å². The van der Waals surface area contributed by atoms with Crippen molar-refractivity contribution in [3.05, 3.63) is 69.5 Å². The van der Waals surface area contributed by atoms with Gasteiger partial charge in [-0.25, -0.2) is 10.1 Å². The highest BCUT2D eigenvalue weighted by Crippen LogP contribution is 2.32. The van der Waals surface area contributed by atoms with Crippen LogP contribution < -0.4 is 14.9 Å². The molecule has 1 N–H and O–H groups in total. The molecule has 28 heavy (non-hydrogen) atoms. The molecule has 2 heterocycles. The Balaban J connectivity index is 1.50. The molecule has 2 aromatic carbocycles. The van der Waals surface area contributed by atoms with E-state index in [1.807, 2.05) is 12.1 Å². The van der Waals surface area contributed by atoms with Gasteiger partial charge in [0, 0.05) is 10.6 Å². The molecule has 3 aromatic rings. The number of ether oxygens (including phenoxy) is 2. The number of hydrazone groups is 1. The highest BCUT2D eigenvalue weighted by Gasteiger charge is 2.16. The Morgan fingerprint density at radius 3 is 2.71 bits per heavy atom. The number of rotatable bonds is 4. The standard InChI is InChI=1S/C19H14Cl2N4O3/c1-11-15(18(21)25(24-11)14-5-3-13(20)4-6-14)9-22-23-19(26)12-2-7-16-17(8-12)28-10-27-16/h2-9H,10H2,1H3,(H,23,26)/b22-9-. The number of aromatic nitrogens is 2. The van der Waals surface area contributed by atoms with Gasteiger partial charge in [0.05, 0.1) is 23.2 Å². The van der Waals surface area contributed by atoms with E-state index in [2.05, 4.69) is 15.6 Å². The minimum atomic E-state index is -0.381. The molecular formula is C19H14Cl2N4O3. The smallest absolute Gasteiger partial charge is 0.271 e. The third kappa shape index (κ3) is 3.54. The zero-order valence-corrected chi connectivity index (χ0v) is 16.2. The zero-order valence-electron chi connectivity index (χ0n) is 14.6. The summed E-state index contributed by atoms with van der Waals surface area (Å²) in [5.74, 6) is 0.755. The number of halogens is 2. The summed E-state index contributed by atoms with van der Waals surface area (Å²) in [4.78, 5) is 12.3. The van der Waals surface area contributed by atoms with E-state index in [1.54, 1.807) is 41.9 Å². The number of carbonyl (C=O) groups is 1. The first-order valence-corrected chi connectivity index (χ1v) is 9.02. The molecule has 0 radical (unpaired) electrons. The van der Waals surface area contributed by atoms with Gasteiger partial charge < -0.3 is 9.47 Å². The van der Waals surface area contributed by atoms with Crippen molar-refractivity contribution in [2.45, 2.75) is 6.92 Å². The number of hydrogen-bond donors (Lipinski definition) is 1. The number of nitrogens with zero attached hydrogens (tertiary/aromatic N) is 3. The molecule has 1 amide bonds. The molecule has 1 aliphatic rings. The minimum Gasteiger partial charge on any atom is -0.454 e. The Morgan fingerprint density at radius 2 is 1.93 bits per heavy atom. The lowest BCUT2D eigenvalue weighted by molar-refractivity contribution is 0.0954. The molecular weight excluding hydrogens is 403 g/mol. The van der Waals surface area contributed by atoms with E-state index in [9.17, 15) is 4.79 Å². The van der Waals surface area contributed by atoms with Crippen LogP contribution in [0.2, 0.25) is 10.2 Å². The molecule has 0 atom stereocenters. The molecule has 9 heteroatoms. The van der Waals surface area contributed by atoms with Gasteiger partial charge in [-0.1, -0.05) is 23.2 Å². The normalized spacial score (nSPS) is 12.5. The highest BCUT2D eigenvalue weighted by molar-refractivity contribution is 6.32. The monoisotopic (exact) mass is 416 g/mol. The molecule has 7 nitrogen and oxygen atoms in total. The van der Waals surface area contributed by atoms with Crippen molar-refractivity contribution in [2.75, 3.05) is 6.79 Å². The van der Waals surface area contributed by atoms with Gasteiger partial charge >= 0.3 is 0 Å². The van der Waals surface area contributed by atoms with Gasteiger partial charge in [-0.2, -0.15) is 10.2 Å². The van der Waals surface area contributed by atoms with Crippen LogP contribution in [0, 0.1) is 6.92 Å². The fourth-order valence-corrected chi connectivity index (χ4v) is 3.12. The van der Waals surface area contributed by atoms with E-state index >= 15 is 0 Å². The number of amides is 1. The van der Waals surface area contributed by atoms with E-state index in [0.717, 1.165) is 5.69 Å². The zero-order chi connectivity index (χ0) is 19.7. The van der Waals surface area contributed by atoms with E-state index in [4.69, 9.17) is 32.7 Å². The fraction of sp³-hybridized carbons (Fsp3) is 0.105. The molecule has 0 bridgehead atoms. The number of aryl methyl sites for hydroxylation is 1. The first kappa shape index (κ1) is 18.3. The second kappa shape index (κ2) is 7.53. The topological polar surface area (TPSA) is 77.7 Å². The molecule has 1 aliphatic heterocycles. The number of carbonyl (C=O) groups excluding carboxylic acids is 1. The molecule has 0 saturated carbocycles. The lowest BCUT2D eigenvalue weighted by Gasteiger charge is -2.03. The average Bonchev–Trinajstić information content (AvgIpc) is 3.27. The van der Waals surface area contributed by atoms with Crippen molar-refractivity contribution in [3.8, 4) is 17.2 Å². The molecule has 142 valence electrons. The maximum atomic E-state index is 12.3. The first-order chi connectivity index (χ1) is 13.5. The van der Waals surface area contributed by atoms with E-state index in [-0.39, 0.29) is 12.7 Å². The van der Waals surface area contributed by atoms with E-state index in [0.29, 0.717) is 38.5 Å². The van der Waals surface area contributed by atoms with Gasteiger partial charge in [0.2, 0.25) is 6.79 Å². The van der Waals surface area contributed by atoms with Crippen LogP contribution >= 0.6 is 23.2 Å². The molecule has 0 unspecified atom stereocenters. The summed E-state index contributed by atoms with van der Waals surface area (Å²) in [5, 5.41) is 9.41. The second-order valence-corrected chi connectivity index (χ2v) is 6.74. The highest BCUT2D eigenvalue weighted by atomic mass is 35.5. The third-order valence-corrected chi connectivity index (χ3v) is 4.73. The fourth-order valence-electron chi connectivity index (χ4n) is 2.67. The van der Waals surface area contributed by atoms with Crippen LogP contribution in [0.3, 0.4) is 0 Å². The van der Waals surface area contributed by atoms with Gasteiger partial charge in [-0.15, -0.1) is 0 Å². The summed E-state index contributed by atoms with van der Waals surface area (Å²) in [5.41, 5.74) is 4.91. The predicted molar refractivity (Wildman–Crippen MR) is 106 cm³/mol. The largest absolute Gasteiger partial charge is 0.454 e. The Morgan fingerprint density at radius 1 is 1.18 bits per heavy atom. The molecule has 0 aliphatic carbocycles. The van der Waals surface area contributed by atoms with Crippen molar-refractivity contribution in [2.24, 2.45) is 5.10 Å². The first-order valence-electron chi connectivity index (χ1n) is 8.27. The second-order valence-electron chi connectivity index (χ2n) is 5.95. The molecule has 4 rings (SSSR count). The maximum Gasteiger partial charge on any atom is 0.271 e. The maximum absolute atomic E-state index is 12.3. The van der Waals surface area contributed by atoms with Crippen LogP contribution in [0.5, 0.6) is 11.5 Å². The SMILES string of the molecule is Cc1nn(-c2ccc(Cl)cc2)c(Cl)c1/C=N\NC(=O)c1ccc2c(c1)OCO2. The summed E-state index contributed by atoms with van der Waals surface area (Å²) >= 11 is 12.3. The van der Waals surface area contributed by atoms with Gasteiger partial charge in [0.25, 0.3) is 5.91 Å².